The van der Waals surface area contributed by atoms with Crippen LogP contribution in [0.2, 0.25) is 0 Å². The fourth-order valence-electron chi connectivity index (χ4n) is 8.57. The Kier molecular flexibility index (Phi) is 49.1. The zero-order chi connectivity index (χ0) is 45.2. The topological polar surface area (TPSA) is 78.9 Å². The molecule has 0 rings (SSSR count). The Morgan fingerprint density at radius 3 is 0.790 bits per heavy atom. The quantitative estimate of drug-likeness (QED) is 0.0344. The van der Waals surface area contributed by atoms with Crippen molar-refractivity contribution in [3.05, 3.63) is 0 Å². The van der Waals surface area contributed by atoms with E-state index in [1.165, 1.54) is 212 Å². The average molecular weight is 877 g/mol. The van der Waals surface area contributed by atoms with Crippen LogP contribution >= 0.6 is 0 Å². The molecule has 0 fully saturated rings. The largest absolute Gasteiger partial charge is 0.462 e. The molecule has 6 nitrogen and oxygen atoms in total. The Hall–Kier alpha value is -1.59. The third-order valence-corrected chi connectivity index (χ3v) is 12.8. The normalized spacial score (nSPS) is 12.0. The zero-order valence-electron chi connectivity index (χ0n) is 42.3. The number of unbranched alkanes of at least 4 members (excludes halogenated alkanes) is 38. The summed E-state index contributed by atoms with van der Waals surface area (Å²) < 4.78 is 16.8. The minimum Gasteiger partial charge on any atom is -0.462 e. The van der Waals surface area contributed by atoms with Crippen molar-refractivity contribution in [3.63, 3.8) is 0 Å². The van der Waals surface area contributed by atoms with Crippen LogP contribution in [0.1, 0.15) is 317 Å². The lowest BCUT2D eigenvalue weighted by Crippen LogP contribution is -2.30. The van der Waals surface area contributed by atoms with Crippen molar-refractivity contribution in [2.75, 3.05) is 13.2 Å². The summed E-state index contributed by atoms with van der Waals surface area (Å²) in [6.45, 7) is 9.02. The predicted molar refractivity (Wildman–Crippen MR) is 266 cm³/mol. The Morgan fingerprint density at radius 1 is 0.306 bits per heavy atom. The van der Waals surface area contributed by atoms with E-state index in [9.17, 15) is 14.4 Å². The maximum absolute atomic E-state index is 12.8. The second-order valence-corrected chi connectivity index (χ2v) is 19.7. The molecule has 0 aliphatic rings. The molecule has 0 aromatic carbocycles. The van der Waals surface area contributed by atoms with Crippen LogP contribution in [-0.2, 0) is 28.6 Å². The van der Waals surface area contributed by atoms with Crippen molar-refractivity contribution in [1.29, 1.82) is 0 Å². The molecule has 0 radical (unpaired) electrons. The molecule has 0 aliphatic carbocycles. The van der Waals surface area contributed by atoms with E-state index >= 15 is 0 Å². The lowest BCUT2D eigenvalue weighted by atomic mass is 10.0. The summed E-state index contributed by atoms with van der Waals surface area (Å²) in [4.78, 5) is 38.0. The molecule has 368 valence electrons. The van der Waals surface area contributed by atoms with E-state index in [2.05, 4.69) is 27.7 Å². The van der Waals surface area contributed by atoms with Crippen molar-refractivity contribution in [2.24, 2.45) is 5.92 Å². The maximum Gasteiger partial charge on any atom is 0.306 e. The van der Waals surface area contributed by atoms with Gasteiger partial charge in [0, 0.05) is 19.3 Å². The number of carbonyl (C=O) groups is 3. The van der Waals surface area contributed by atoms with Crippen LogP contribution in [-0.4, -0.2) is 37.2 Å². The zero-order valence-corrected chi connectivity index (χ0v) is 42.3. The second-order valence-electron chi connectivity index (χ2n) is 19.7. The van der Waals surface area contributed by atoms with E-state index in [0.29, 0.717) is 19.3 Å². The van der Waals surface area contributed by atoms with Crippen LogP contribution in [0.25, 0.3) is 0 Å². The molecule has 0 heterocycles. The van der Waals surface area contributed by atoms with Gasteiger partial charge in [0.05, 0.1) is 0 Å². The second kappa shape index (κ2) is 50.4. The highest BCUT2D eigenvalue weighted by molar-refractivity contribution is 5.71. The van der Waals surface area contributed by atoms with Crippen LogP contribution in [0.15, 0.2) is 0 Å². The highest BCUT2D eigenvalue weighted by atomic mass is 16.6. The van der Waals surface area contributed by atoms with Gasteiger partial charge in [-0.2, -0.15) is 0 Å². The van der Waals surface area contributed by atoms with Crippen LogP contribution in [0, 0.1) is 5.92 Å². The number of ether oxygens (including phenoxy) is 3. The van der Waals surface area contributed by atoms with E-state index < -0.39 is 6.10 Å². The van der Waals surface area contributed by atoms with E-state index in [4.69, 9.17) is 14.2 Å². The Labute approximate surface area is 387 Å². The summed E-state index contributed by atoms with van der Waals surface area (Å²) >= 11 is 0. The number of esters is 3. The molecule has 0 aromatic heterocycles. The summed E-state index contributed by atoms with van der Waals surface area (Å²) in [5.41, 5.74) is 0. The first kappa shape index (κ1) is 60.4. The maximum atomic E-state index is 12.8. The first-order valence-corrected chi connectivity index (χ1v) is 27.9. The number of hydrogen-bond donors (Lipinski definition) is 0. The molecule has 1 atom stereocenters. The molecular formula is C56H108O6. The molecule has 0 aromatic rings. The molecule has 0 aliphatic heterocycles. The smallest absolute Gasteiger partial charge is 0.306 e. The van der Waals surface area contributed by atoms with Gasteiger partial charge in [0.1, 0.15) is 13.2 Å². The number of carbonyl (C=O) groups excluding carboxylic acids is 3. The molecule has 0 spiro atoms. The summed E-state index contributed by atoms with van der Waals surface area (Å²) in [5, 5.41) is 0. The molecule has 0 saturated carbocycles. The van der Waals surface area contributed by atoms with Gasteiger partial charge in [-0.1, -0.05) is 278 Å². The van der Waals surface area contributed by atoms with Gasteiger partial charge >= 0.3 is 17.9 Å². The summed E-state index contributed by atoms with van der Waals surface area (Å²) in [6, 6.07) is 0. The van der Waals surface area contributed by atoms with Gasteiger partial charge in [0.25, 0.3) is 0 Å². The minimum atomic E-state index is -0.761. The molecule has 0 amide bonds. The van der Waals surface area contributed by atoms with E-state index in [-0.39, 0.29) is 31.1 Å². The monoisotopic (exact) mass is 877 g/mol. The third-order valence-electron chi connectivity index (χ3n) is 12.8. The minimum absolute atomic E-state index is 0.0626. The van der Waals surface area contributed by atoms with Gasteiger partial charge in [0.15, 0.2) is 6.10 Å². The van der Waals surface area contributed by atoms with Crippen molar-refractivity contribution in [2.45, 2.75) is 323 Å². The standard InChI is InChI=1S/C56H108O6/c1-5-7-9-11-13-15-17-19-20-21-22-23-24-26-28-32-36-40-44-48-55(58)61-51-53(62-56(59)49-45-41-37-33-29-30-34-38-42-46-52(3)4)50-60-54(57)47-43-39-35-31-27-25-18-16-14-12-10-8-6-2/h52-53H,5-51H2,1-4H3/t53-/m1/s1. The Morgan fingerprint density at radius 2 is 0.532 bits per heavy atom. The van der Waals surface area contributed by atoms with Gasteiger partial charge in [-0.25, -0.2) is 0 Å². The van der Waals surface area contributed by atoms with E-state index in [1.54, 1.807) is 0 Å². The summed E-state index contributed by atoms with van der Waals surface area (Å²) in [6.07, 6.45) is 53.8. The van der Waals surface area contributed by atoms with Crippen molar-refractivity contribution >= 4 is 17.9 Å². The van der Waals surface area contributed by atoms with Gasteiger partial charge in [-0.3, -0.25) is 14.4 Å². The van der Waals surface area contributed by atoms with Crippen LogP contribution in [0.4, 0.5) is 0 Å². The first-order valence-electron chi connectivity index (χ1n) is 27.9. The van der Waals surface area contributed by atoms with Crippen LogP contribution in [0.3, 0.4) is 0 Å². The molecule has 0 saturated heterocycles. The van der Waals surface area contributed by atoms with Gasteiger partial charge in [-0.15, -0.1) is 0 Å². The lowest BCUT2D eigenvalue weighted by molar-refractivity contribution is -0.167. The fraction of sp³-hybridized carbons (Fsp3) is 0.946. The SMILES string of the molecule is CCCCCCCCCCCCCCCCCCCCCC(=O)OC[C@@H](COC(=O)CCCCCCCCCCCCCCC)OC(=O)CCCCCCCCCCCC(C)C. The first-order chi connectivity index (χ1) is 30.4. The molecule has 6 heteroatoms. The molecule has 62 heavy (non-hydrogen) atoms. The van der Waals surface area contributed by atoms with E-state index in [1.807, 2.05) is 0 Å². The third kappa shape index (κ3) is 49.4. The van der Waals surface area contributed by atoms with E-state index in [0.717, 1.165) is 63.7 Å². The lowest BCUT2D eigenvalue weighted by Gasteiger charge is -2.18. The fourth-order valence-corrected chi connectivity index (χ4v) is 8.57. The molecule has 0 bridgehead atoms. The number of rotatable bonds is 51. The Bertz CT molecular complexity index is 933. The predicted octanol–water partition coefficient (Wildman–Crippen LogP) is 18.2. The number of hydrogen-bond acceptors (Lipinski definition) is 6. The molecule has 0 unspecified atom stereocenters. The van der Waals surface area contributed by atoms with Crippen molar-refractivity contribution in [1.82, 2.24) is 0 Å². The highest BCUT2D eigenvalue weighted by Gasteiger charge is 2.19. The van der Waals surface area contributed by atoms with Gasteiger partial charge in [0.2, 0.25) is 0 Å². The summed E-state index contributed by atoms with van der Waals surface area (Å²) in [7, 11) is 0. The van der Waals surface area contributed by atoms with Crippen LogP contribution in [0.5, 0.6) is 0 Å². The van der Waals surface area contributed by atoms with Crippen molar-refractivity contribution < 1.29 is 28.6 Å². The van der Waals surface area contributed by atoms with Gasteiger partial charge < -0.3 is 14.2 Å². The molecule has 0 N–H and O–H groups in total. The highest BCUT2D eigenvalue weighted by Crippen LogP contribution is 2.18. The summed E-state index contributed by atoms with van der Waals surface area (Å²) in [5.74, 6) is -0.0350. The van der Waals surface area contributed by atoms with Gasteiger partial charge in [-0.05, 0) is 25.2 Å². The average Bonchev–Trinajstić information content (AvgIpc) is 3.26. The van der Waals surface area contributed by atoms with Crippen molar-refractivity contribution in [3.8, 4) is 0 Å². The Balaban J connectivity index is 4.25. The molecular weight excluding hydrogens is 769 g/mol. The van der Waals surface area contributed by atoms with Crippen LogP contribution < -0.4 is 0 Å².